The van der Waals surface area contributed by atoms with Crippen LogP contribution in [0.4, 0.5) is 0 Å². The summed E-state index contributed by atoms with van der Waals surface area (Å²) in [6.45, 7) is 3.77. The van der Waals surface area contributed by atoms with Gasteiger partial charge in [0.25, 0.3) is 0 Å². The minimum Gasteiger partial charge on any atom is -0.465 e. The highest BCUT2D eigenvalue weighted by molar-refractivity contribution is 5.82. The fourth-order valence-corrected chi connectivity index (χ4v) is 4.64. The van der Waals surface area contributed by atoms with Crippen molar-refractivity contribution in [2.24, 2.45) is 10.8 Å². The number of nitriles is 2. The average Bonchev–Trinajstić information content (AvgIpc) is 2.94. The standard InChI is InChI=1S/C32H32N2O4/c1-3-37-29(35)31(23-33,19-25-12-7-5-8-13-25)21-27-16-11-17-28(18-27)22-32(24-34,30(36)38-4-2)20-26-14-9-6-10-15-26/h5-18H,3-4,19-22H2,1-2H3. The number of benzene rings is 3. The summed E-state index contributed by atoms with van der Waals surface area (Å²) in [5, 5.41) is 20.5. The molecule has 0 N–H and O–H groups in total. The van der Waals surface area contributed by atoms with Crippen molar-refractivity contribution >= 4 is 11.9 Å². The molecule has 38 heavy (non-hydrogen) atoms. The molecule has 0 aliphatic rings. The van der Waals surface area contributed by atoms with Gasteiger partial charge in [-0.1, -0.05) is 84.9 Å². The smallest absolute Gasteiger partial charge is 0.327 e. The number of rotatable bonds is 12. The first-order chi connectivity index (χ1) is 18.4. The van der Waals surface area contributed by atoms with Crippen LogP contribution >= 0.6 is 0 Å². The van der Waals surface area contributed by atoms with Crippen molar-refractivity contribution in [3.63, 3.8) is 0 Å². The van der Waals surface area contributed by atoms with Crippen LogP contribution in [0.15, 0.2) is 84.9 Å². The van der Waals surface area contributed by atoms with Gasteiger partial charge < -0.3 is 9.47 Å². The molecule has 3 rings (SSSR count). The van der Waals surface area contributed by atoms with E-state index in [4.69, 9.17) is 9.47 Å². The monoisotopic (exact) mass is 508 g/mol. The quantitative estimate of drug-likeness (QED) is 0.304. The van der Waals surface area contributed by atoms with Crippen LogP contribution in [0.2, 0.25) is 0 Å². The molecular weight excluding hydrogens is 476 g/mol. The molecule has 0 saturated carbocycles. The van der Waals surface area contributed by atoms with E-state index in [0.717, 1.165) is 22.3 Å². The van der Waals surface area contributed by atoms with Gasteiger partial charge in [-0.3, -0.25) is 9.59 Å². The SMILES string of the molecule is CCOC(=O)C(C#N)(Cc1ccccc1)Cc1cccc(CC(C#N)(Cc2ccccc2)C(=O)OCC)c1. The fourth-order valence-electron chi connectivity index (χ4n) is 4.64. The summed E-state index contributed by atoms with van der Waals surface area (Å²) in [6.07, 6.45) is 0.657. The van der Waals surface area contributed by atoms with Crippen molar-refractivity contribution in [2.75, 3.05) is 13.2 Å². The first-order valence-electron chi connectivity index (χ1n) is 12.7. The normalized spacial score (nSPS) is 13.7. The largest absolute Gasteiger partial charge is 0.465 e. The Morgan fingerprint density at radius 3 is 1.29 bits per heavy atom. The molecule has 194 valence electrons. The van der Waals surface area contributed by atoms with E-state index in [9.17, 15) is 20.1 Å². The van der Waals surface area contributed by atoms with Gasteiger partial charge in [0.15, 0.2) is 10.8 Å². The van der Waals surface area contributed by atoms with Gasteiger partial charge in [-0.25, -0.2) is 0 Å². The summed E-state index contributed by atoms with van der Waals surface area (Å²) in [5.74, 6) is -1.14. The average molecular weight is 509 g/mol. The van der Waals surface area contributed by atoms with Crippen LogP contribution in [0, 0.1) is 33.5 Å². The number of esters is 2. The molecule has 0 spiro atoms. The van der Waals surface area contributed by atoms with Crippen LogP contribution in [-0.2, 0) is 44.7 Å². The maximum Gasteiger partial charge on any atom is 0.327 e. The first-order valence-corrected chi connectivity index (χ1v) is 12.7. The van der Waals surface area contributed by atoms with Crippen LogP contribution in [0.25, 0.3) is 0 Å². The van der Waals surface area contributed by atoms with Gasteiger partial charge in [-0.2, -0.15) is 10.5 Å². The molecule has 2 unspecified atom stereocenters. The van der Waals surface area contributed by atoms with Gasteiger partial charge in [-0.05, 0) is 36.1 Å². The van der Waals surface area contributed by atoms with E-state index in [1.54, 1.807) is 13.8 Å². The molecule has 0 fully saturated rings. The Morgan fingerprint density at radius 1 is 0.605 bits per heavy atom. The molecule has 0 aliphatic heterocycles. The molecule has 0 radical (unpaired) electrons. The highest BCUT2D eigenvalue weighted by atomic mass is 16.5. The zero-order chi connectivity index (χ0) is 27.4. The number of nitrogens with zero attached hydrogens (tertiary/aromatic N) is 2. The molecule has 0 heterocycles. The molecule has 0 aromatic heterocycles. The van der Waals surface area contributed by atoms with Crippen LogP contribution in [0.5, 0.6) is 0 Å². The fraction of sp³-hybridized carbons (Fsp3) is 0.312. The second-order valence-electron chi connectivity index (χ2n) is 9.33. The first kappa shape index (κ1) is 28.2. The predicted octanol–water partition coefficient (Wildman–Crippen LogP) is 5.40. The van der Waals surface area contributed by atoms with Gasteiger partial charge in [-0.15, -0.1) is 0 Å². The number of carbonyl (C=O) groups is 2. The van der Waals surface area contributed by atoms with E-state index in [-0.39, 0.29) is 38.9 Å². The predicted molar refractivity (Wildman–Crippen MR) is 143 cm³/mol. The molecule has 3 aromatic carbocycles. The van der Waals surface area contributed by atoms with E-state index >= 15 is 0 Å². The summed E-state index contributed by atoms with van der Waals surface area (Å²) in [5.41, 5.74) is 0.340. The Kier molecular flexibility index (Phi) is 9.79. The van der Waals surface area contributed by atoms with Gasteiger partial charge >= 0.3 is 11.9 Å². The van der Waals surface area contributed by atoms with Crippen molar-refractivity contribution < 1.29 is 19.1 Å². The molecule has 0 bridgehead atoms. The minimum absolute atomic E-state index is 0.128. The molecular formula is C32H32N2O4. The van der Waals surface area contributed by atoms with Crippen molar-refractivity contribution in [2.45, 2.75) is 39.5 Å². The van der Waals surface area contributed by atoms with Crippen LogP contribution in [0.1, 0.15) is 36.1 Å². The highest BCUT2D eigenvalue weighted by Gasteiger charge is 2.42. The zero-order valence-corrected chi connectivity index (χ0v) is 21.9. The Labute approximate surface area is 224 Å². The third kappa shape index (κ3) is 6.87. The lowest BCUT2D eigenvalue weighted by atomic mass is 9.75. The maximum atomic E-state index is 13.1. The number of carbonyl (C=O) groups excluding carboxylic acids is 2. The van der Waals surface area contributed by atoms with E-state index in [2.05, 4.69) is 12.1 Å². The van der Waals surface area contributed by atoms with Crippen molar-refractivity contribution in [3.05, 3.63) is 107 Å². The van der Waals surface area contributed by atoms with E-state index < -0.39 is 22.8 Å². The molecule has 0 aliphatic carbocycles. The van der Waals surface area contributed by atoms with Crippen LogP contribution in [-0.4, -0.2) is 25.2 Å². The molecule has 2 atom stereocenters. The van der Waals surface area contributed by atoms with Gasteiger partial charge in [0.05, 0.1) is 25.4 Å². The Bertz CT molecular complexity index is 1210. The van der Waals surface area contributed by atoms with Crippen molar-refractivity contribution in [1.29, 1.82) is 10.5 Å². The third-order valence-corrected chi connectivity index (χ3v) is 6.46. The van der Waals surface area contributed by atoms with E-state index in [1.807, 2.05) is 84.9 Å². The lowest BCUT2D eigenvalue weighted by Crippen LogP contribution is -2.37. The summed E-state index contributed by atoms with van der Waals surface area (Å²) in [7, 11) is 0. The molecule has 6 heteroatoms. The maximum absolute atomic E-state index is 13.1. The summed E-state index contributed by atoms with van der Waals surface area (Å²) >= 11 is 0. The van der Waals surface area contributed by atoms with Crippen molar-refractivity contribution in [1.82, 2.24) is 0 Å². The molecule has 6 nitrogen and oxygen atoms in total. The molecule has 3 aromatic rings. The van der Waals surface area contributed by atoms with Crippen molar-refractivity contribution in [3.8, 4) is 12.1 Å². The minimum atomic E-state index is -1.42. The van der Waals surface area contributed by atoms with Gasteiger partial charge in [0.2, 0.25) is 0 Å². The second kappa shape index (κ2) is 13.2. The third-order valence-electron chi connectivity index (χ3n) is 6.46. The van der Waals surface area contributed by atoms with Crippen LogP contribution < -0.4 is 0 Å². The Hall–Kier alpha value is -4.42. The number of hydrogen-bond donors (Lipinski definition) is 0. The molecule has 0 amide bonds. The topological polar surface area (TPSA) is 100 Å². The van der Waals surface area contributed by atoms with E-state index in [1.165, 1.54) is 0 Å². The van der Waals surface area contributed by atoms with E-state index in [0.29, 0.717) is 0 Å². The van der Waals surface area contributed by atoms with Gasteiger partial charge in [0, 0.05) is 25.7 Å². The highest BCUT2D eigenvalue weighted by Crippen LogP contribution is 2.33. The second-order valence-corrected chi connectivity index (χ2v) is 9.33. The zero-order valence-electron chi connectivity index (χ0n) is 21.9. The Balaban J connectivity index is 1.96. The lowest BCUT2D eigenvalue weighted by Gasteiger charge is -2.26. The van der Waals surface area contributed by atoms with Crippen LogP contribution in [0.3, 0.4) is 0 Å². The summed E-state index contributed by atoms with van der Waals surface area (Å²) in [6, 6.07) is 30.6. The lowest BCUT2D eigenvalue weighted by molar-refractivity contribution is -0.152. The molecule has 0 saturated heterocycles. The summed E-state index contributed by atoms with van der Waals surface area (Å²) < 4.78 is 10.7. The Morgan fingerprint density at radius 2 is 0.947 bits per heavy atom. The number of ether oxygens (including phenoxy) is 2. The number of hydrogen-bond acceptors (Lipinski definition) is 6. The van der Waals surface area contributed by atoms with Gasteiger partial charge in [0.1, 0.15) is 0 Å². The summed E-state index contributed by atoms with van der Waals surface area (Å²) in [4.78, 5) is 26.2.